The number of piperidine rings is 1. The van der Waals surface area contributed by atoms with Crippen molar-refractivity contribution in [1.29, 1.82) is 5.26 Å². The lowest BCUT2D eigenvalue weighted by Crippen LogP contribution is -2.44. The van der Waals surface area contributed by atoms with Crippen LogP contribution in [0.5, 0.6) is 0 Å². The molecular formula is C11H20N2O. The molecule has 3 nitrogen and oxygen atoms in total. The molecule has 3 heteroatoms. The monoisotopic (exact) mass is 196 g/mol. The van der Waals surface area contributed by atoms with Crippen molar-refractivity contribution in [3.63, 3.8) is 0 Å². The maximum atomic E-state index is 9.91. The molecular weight excluding hydrogens is 176 g/mol. The molecule has 0 amide bonds. The number of hydrogen-bond donors (Lipinski definition) is 1. The first-order valence-corrected chi connectivity index (χ1v) is 5.42. The van der Waals surface area contributed by atoms with Crippen LogP contribution in [0.1, 0.15) is 33.1 Å². The Bertz CT molecular complexity index is 220. The van der Waals surface area contributed by atoms with E-state index in [0.29, 0.717) is 6.54 Å². The summed E-state index contributed by atoms with van der Waals surface area (Å²) < 4.78 is 0. The standard InChI is InChI=1S/C11H20N2O/c1-3-11(2,14)9-13-6-4-5-10(7-12)8-13/h10,14H,3-6,8-9H2,1-2H3. The van der Waals surface area contributed by atoms with E-state index in [1.54, 1.807) is 0 Å². The van der Waals surface area contributed by atoms with Gasteiger partial charge in [-0.1, -0.05) is 6.92 Å². The van der Waals surface area contributed by atoms with Gasteiger partial charge in [0.2, 0.25) is 0 Å². The van der Waals surface area contributed by atoms with E-state index in [0.717, 1.165) is 32.4 Å². The van der Waals surface area contributed by atoms with Gasteiger partial charge in [-0.2, -0.15) is 5.26 Å². The zero-order valence-electron chi connectivity index (χ0n) is 9.16. The number of rotatable bonds is 3. The van der Waals surface area contributed by atoms with Gasteiger partial charge in [-0.05, 0) is 32.7 Å². The molecule has 1 saturated heterocycles. The molecule has 0 aromatic rings. The highest BCUT2D eigenvalue weighted by molar-refractivity contribution is 4.90. The van der Waals surface area contributed by atoms with E-state index in [2.05, 4.69) is 11.0 Å². The average molecular weight is 196 g/mol. The van der Waals surface area contributed by atoms with E-state index in [1.807, 2.05) is 13.8 Å². The van der Waals surface area contributed by atoms with Crippen LogP contribution in [0.4, 0.5) is 0 Å². The Morgan fingerprint density at radius 2 is 2.36 bits per heavy atom. The predicted octanol–water partition coefficient (Wildman–Crippen LogP) is 1.38. The van der Waals surface area contributed by atoms with E-state index < -0.39 is 5.60 Å². The molecule has 2 atom stereocenters. The zero-order valence-corrected chi connectivity index (χ0v) is 9.16. The van der Waals surface area contributed by atoms with Gasteiger partial charge in [0.25, 0.3) is 0 Å². The fourth-order valence-corrected chi connectivity index (χ4v) is 1.90. The minimum Gasteiger partial charge on any atom is -0.389 e. The van der Waals surface area contributed by atoms with Crippen molar-refractivity contribution in [3.05, 3.63) is 0 Å². The summed E-state index contributed by atoms with van der Waals surface area (Å²) in [6, 6.07) is 2.31. The second kappa shape index (κ2) is 4.77. The van der Waals surface area contributed by atoms with Crippen LogP contribution >= 0.6 is 0 Å². The minimum absolute atomic E-state index is 0.163. The van der Waals surface area contributed by atoms with Crippen LogP contribution in [0.15, 0.2) is 0 Å². The van der Waals surface area contributed by atoms with Crippen LogP contribution in [-0.4, -0.2) is 35.2 Å². The third kappa shape index (κ3) is 3.28. The molecule has 1 rings (SSSR count). The van der Waals surface area contributed by atoms with Gasteiger partial charge in [0, 0.05) is 13.1 Å². The van der Waals surface area contributed by atoms with Crippen LogP contribution in [-0.2, 0) is 0 Å². The third-order valence-electron chi connectivity index (χ3n) is 3.01. The molecule has 1 aliphatic heterocycles. The Balaban J connectivity index is 2.42. The van der Waals surface area contributed by atoms with Crippen LogP contribution in [0.25, 0.3) is 0 Å². The maximum absolute atomic E-state index is 9.91. The molecule has 1 heterocycles. The van der Waals surface area contributed by atoms with Crippen molar-refractivity contribution >= 4 is 0 Å². The third-order valence-corrected chi connectivity index (χ3v) is 3.01. The molecule has 2 unspecified atom stereocenters. The van der Waals surface area contributed by atoms with E-state index in [9.17, 15) is 5.11 Å². The molecule has 1 N–H and O–H groups in total. The second-order valence-corrected chi connectivity index (χ2v) is 4.55. The topological polar surface area (TPSA) is 47.3 Å². The Kier molecular flexibility index (Phi) is 3.91. The summed E-state index contributed by atoms with van der Waals surface area (Å²) in [7, 11) is 0. The van der Waals surface area contributed by atoms with Crippen LogP contribution in [0, 0.1) is 17.2 Å². The summed E-state index contributed by atoms with van der Waals surface area (Å²) in [5, 5.41) is 18.7. The highest BCUT2D eigenvalue weighted by Gasteiger charge is 2.26. The van der Waals surface area contributed by atoms with Gasteiger partial charge in [0.15, 0.2) is 0 Å². The van der Waals surface area contributed by atoms with E-state index in [4.69, 9.17) is 5.26 Å². The predicted molar refractivity (Wildman–Crippen MR) is 55.7 cm³/mol. The second-order valence-electron chi connectivity index (χ2n) is 4.55. The summed E-state index contributed by atoms with van der Waals surface area (Å²) >= 11 is 0. The lowest BCUT2D eigenvalue weighted by molar-refractivity contribution is 0.00747. The zero-order chi connectivity index (χ0) is 10.6. The average Bonchev–Trinajstić information content (AvgIpc) is 2.17. The minimum atomic E-state index is -0.600. The van der Waals surface area contributed by atoms with Crippen LogP contribution < -0.4 is 0 Å². The largest absolute Gasteiger partial charge is 0.389 e. The van der Waals surface area contributed by atoms with Crippen LogP contribution in [0.2, 0.25) is 0 Å². The number of likely N-dealkylation sites (tertiary alicyclic amines) is 1. The van der Waals surface area contributed by atoms with Gasteiger partial charge in [-0.3, -0.25) is 4.90 Å². The summed E-state index contributed by atoms with van der Waals surface area (Å²) in [6.45, 7) is 6.40. The van der Waals surface area contributed by atoms with Crippen molar-refractivity contribution in [1.82, 2.24) is 4.90 Å². The maximum Gasteiger partial charge on any atom is 0.0743 e. The molecule has 14 heavy (non-hydrogen) atoms. The lowest BCUT2D eigenvalue weighted by atomic mass is 9.96. The van der Waals surface area contributed by atoms with Crippen LogP contribution in [0.3, 0.4) is 0 Å². The van der Waals surface area contributed by atoms with Gasteiger partial charge in [-0.25, -0.2) is 0 Å². The smallest absolute Gasteiger partial charge is 0.0743 e. The highest BCUT2D eigenvalue weighted by atomic mass is 16.3. The summed E-state index contributed by atoms with van der Waals surface area (Å²) in [6.07, 6.45) is 2.86. The molecule has 0 aromatic heterocycles. The van der Waals surface area contributed by atoms with E-state index in [-0.39, 0.29) is 5.92 Å². The van der Waals surface area contributed by atoms with Gasteiger partial charge in [0.1, 0.15) is 0 Å². The molecule has 1 aliphatic rings. The number of β-amino-alcohol motifs (C(OH)–C–C–N with tert-alkyl or cyclic N) is 1. The van der Waals surface area contributed by atoms with E-state index >= 15 is 0 Å². The fraction of sp³-hybridized carbons (Fsp3) is 0.909. The van der Waals surface area contributed by atoms with Gasteiger partial charge in [0.05, 0.1) is 17.6 Å². The first-order valence-electron chi connectivity index (χ1n) is 5.42. The quantitative estimate of drug-likeness (QED) is 0.742. The molecule has 80 valence electrons. The first kappa shape index (κ1) is 11.5. The molecule has 0 aliphatic carbocycles. The first-order chi connectivity index (χ1) is 6.57. The Labute approximate surface area is 86.3 Å². The molecule has 1 fully saturated rings. The SMILES string of the molecule is CCC(C)(O)CN1CCCC(C#N)C1. The highest BCUT2D eigenvalue weighted by Crippen LogP contribution is 2.19. The van der Waals surface area contributed by atoms with Crippen molar-refractivity contribution in [2.24, 2.45) is 5.92 Å². The lowest BCUT2D eigenvalue weighted by Gasteiger charge is -2.34. The summed E-state index contributed by atoms with van der Waals surface area (Å²) in [4.78, 5) is 2.21. The van der Waals surface area contributed by atoms with Gasteiger partial charge < -0.3 is 5.11 Å². The molecule has 0 aromatic carbocycles. The molecule has 0 bridgehead atoms. The number of nitriles is 1. The summed E-state index contributed by atoms with van der Waals surface area (Å²) in [5.41, 5.74) is -0.600. The normalized spacial score (nSPS) is 28.0. The Morgan fingerprint density at radius 1 is 1.64 bits per heavy atom. The number of aliphatic hydroxyl groups is 1. The molecule has 0 saturated carbocycles. The summed E-state index contributed by atoms with van der Waals surface area (Å²) in [5.74, 6) is 0.163. The Morgan fingerprint density at radius 3 is 2.93 bits per heavy atom. The van der Waals surface area contributed by atoms with Crippen molar-refractivity contribution in [3.8, 4) is 6.07 Å². The number of nitrogens with zero attached hydrogens (tertiary/aromatic N) is 2. The van der Waals surface area contributed by atoms with Crippen molar-refractivity contribution < 1.29 is 5.11 Å². The van der Waals surface area contributed by atoms with E-state index in [1.165, 1.54) is 0 Å². The Hall–Kier alpha value is -0.590. The fourth-order valence-electron chi connectivity index (χ4n) is 1.90. The molecule has 0 radical (unpaired) electrons. The number of hydrogen-bond acceptors (Lipinski definition) is 3. The van der Waals surface area contributed by atoms with Crippen molar-refractivity contribution in [2.45, 2.75) is 38.7 Å². The van der Waals surface area contributed by atoms with Gasteiger partial charge in [-0.15, -0.1) is 0 Å². The molecule has 0 spiro atoms. The van der Waals surface area contributed by atoms with Gasteiger partial charge >= 0.3 is 0 Å². The van der Waals surface area contributed by atoms with Crippen molar-refractivity contribution in [2.75, 3.05) is 19.6 Å².